The van der Waals surface area contributed by atoms with Crippen LogP contribution in [0, 0.1) is 0 Å². The minimum absolute atomic E-state index is 0.490. The lowest BCUT2D eigenvalue weighted by atomic mass is 10.1. The molecule has 0 aromatic rings. The van der Waals surface area contributed by atoms with E-state index in [2.05, 4.69) is 13.2 Å². The van der Waals surface area contributed by atoms with Crippen molar-refractivity contribution in [3.63, 3.8) is 0 Å². The Hall–Kier alpha value is -0.790. The Balaban J connectivity index is 4.13. The van der Waals surface area contributed by atoms with Crippen LogP contribution < -0.4 is 0 Å². The summed E-state index contributed by atoms with van der Waals surface area (Å²) in [5.74, 6) is -0.000648. The summed E-state index contributed by atoms with van der Waals surface area (Å²) < 4.78 is 17.5. The Morgan fingerprint density at radius 3 is 1.90 bits per heavy atom. The third kappa shape index (κ3) is 2.67. The van der Waals surface area contributed by atoms with Crippen molar-refractivity contribution in [1.82, 2.24) is 0 Å². The van der Waals surface area contributed by atoms with Crippen LogP contribution >= 0.6 is 0 Å². The van der Waals surface area contributed by atoms with Crippen LogP contribution in [0.15, 0.2) is 24.7 Å². The fraction of sp³-hybridized carbons (Fsp3) is 0.500. The second kappa shape index (κ2) is 2.86. The lowest BCUT2D eigenvalue weighted by Gasteiger charge is -2.23. The predicted molar refractivity (Wildman–Crippen MR) is 40.2 cm³/mol. The molecule has 10 heavy (non-hydrogen) atoms. The molecule has 0 unspecified atom stereocenters. The summed E-state index contributed by atoms with van der Waals surface area (Å²) in [6, 6.07) is 0. The van der Waals surface area contributed by atoms with Crippen LogP contribution in [0.25, 0.3) is 0 Å². The SMILES string of the molecule is C=C(C)OC(C)(C)C(=C)F. The summed E-state index contributed by atoms with van der Waals surface area (Å²) in [6.07, 6.45) is 0. The summed E-state index contributed by atoms with van der Waals surface area (Å²) in [5.41, 5.74) is -0.939. The highest BCUT2D eigenvalue weighted by molar-refractivity contribution is 5.02. The molecule has 0 saturated heterocycles. The molecule has 0 heterocycles. The number of allylic oxidation sites excluding steroid dienone is 1. The van der Waals surface area contributed by atoms with Crippen LogP contribution in [0.5, 0.6) is 0 Å². The van der Waals surface area contributed by atoms with Crippen molar-refractivity contribution in [3.05, 3.63) is 24.7 Å². The molecule has 0 fully saturated rings. The van der Waals surface area contributed by atoms with Gasteiger partial charge in [-0.15, -0.1) is 0 Å². The van der Waals surface area contributed by atoms with Gasteiger partial charge in [0.25, 0.3) is 0 Å². The lowest BCUT2D eigenvalue weighted by Crippen LogP contribution is -2.23. The van der Waals surface area contributed by atoms with Gasteiger partial charge >= 0.3 is 0 Å². The molecule has 0 amide bonds. The molecule has 0 rings (SSSR count). The van der Waals surface area contributed by atoms with Gasteiger partial charge in [0.05, 0.1) is 5.76 Å². The van der Waals surface area contributed by atoms with E-state index in [0.717, 1.165) is 0 Å². The second-order valence-corrected chi connectivity index (χ2v) is 2.72. The summed E-state index contributed by atoms with van der Waals surface area (Å²) in [5, 5.41) is 0. The van der Waals surface area contributed by atoms with E-state index in [4.69, 9.17) is 4.74 Å². The number of ether oxygens (including phenoxy) is 1. The number of rotatable bonds is 3. The Morgan fingerprint density at radius 2 is 1.80 bits per heavy atom. The van der Waals surface area contributed by atoms with E-state index in [-0.39, 0.29) is 0 Å². The molecule has 0 bridgehead atoms. The van der Waals surface area contributed by atoms with E-state index in [1.807, 2.05) is 0 Å². The van der Waals surface area contributed by atoms with E-state index in [1.165, 1.54) is 0 Å². The maximum Gasteiger partial charge on any atom is 0.153 e. The fourth-order valence-corrected chi connectivity index (χ4v) is 0.491. The third-order valence-electron chi connectivity index (χ3n) is 1.08. The smallest absolute Gasteiger partial charge is 0.153 e. The molecule has 0 aliphatic rings. The molecule has 0 aromatic heterocycles. The third-order valence-corrected chi connectivity index (χ3v) is 1.08. The van der Waals surface area contributed by atoms with Gasteiger partial charge in [0.2, 0.25) is 0 Å². The first kappa shape index (κ1) is 9.21. The van der Waals surface area contributed by atoms with Crippen LogP contribution in [0.3, 0.4) is 0 Å². The standard InChI is InChI=1S/C8H13FO/c1-6(2)10-8(4,5)7(3)9/h1,3H2,2,4-5H3. The first-order valence-electron chi connectivity index (χ1n) is 3.05. The minimum atomic E-state index is -0.939. The zero-order chi connectivity index (χ0) is 8.36. The fourth-order valence-electron chi connectivity index (χ4n) is 0.491. The van der Waals surface area contributed by atoms with Gasteiger partial charge < -0.3 is 4.74 Å². The minimum Gasteiger partial charge on any atom is -0.486 e. The highest BCUT2D eigenvalue weighted by atomic mass is 19.1. The molecular weight excluding hydrogens is 131 g/mol. The van der Waals surface area contributed by atoms with Crippen molar-refractivity contribution in [1.29, 1.82) is 0 Å². The second-order valence-electron chi connectivity index (χ2n) is 2.72. The summed E-state index contributed by atoms with van der Waals surface area (Å²) in [4.78, 5) is 0. The average Bonchev–Trinajstić information content (AvgIpc) is 1.60. The van der Waals surface area contributed by atoms with Gasteiger partial charge in [0.1, 0.15) is 5.83 Å². The van der Waals surface area contributed by atoms with Crippen molar-refractivity contribution >= 4 is 0 Å². The maximum atomic E-state index is 12.5. The van der Waals surface area contributed by atoms with Crippen LogP contribution in [0.1, 0.15) is 20.8 Å². The van der Waals surface area contributed by atoms with Gasteiger partial charge in [0.15, 0.2) is 5.60 Å². The quantitative estimate of drug-likeness (QED) is 0.553. The van der Waals surface area contributed by atoms with Crippen LogP contribution in [-0.4, -0.2) is 5.60 Å². The summed E-state index contributed by atoms with van der Waals surface area (Å²) in [7, 11) is 0. The van der Waals surface area contributed by atoms with Gasteiger partial charge in [-0.25, -0.2) is 4.39 Å². The predicted octanol–water partition coefficient (Wildman–Crippen LogP) is 2.80. The van der Waals surface area contributed by atoms with Gasteiger partial charge in [-0.3, -0.25) is 0 Å². The highest BCUT2D eigenvalue weighted by Crippen LogP contribution is 2.22. The van der Waals surface area contributed by atoms with E-state index in [1.54, 1.807) is 20.8 Å². The average molecular weight is 144 g/mol. The molecule has 2 heteroatoms. The molecule has 0 atom stereocenters. The molecule has 0 radical (unpaired) electrons. The molecule has 58 valence electrons. The Labute approximate surface area is 61.2 Å². The lowest BCUT2D eigenvalue weighted by molar-refractivity contribution is 0.0506. The van der Waals surface area contributed by atoms with Crippen molar-refractivity contribution in [2.24, 2.45) is 0 Å². The monoisotopic (exact) mass is 144 g/mol. The summed E-state index contributed by atoms with van der Waals surface area (Å²) in [6.45, 7) is 11.5. The van der Waals surface area contributed by atoms with Crippen molar-refractivity contribution < 1.29 is 9.13 Å². The van der Waals surface area contributed by atoms with Crippen LogP contribution in [0.4, 0.5) is 4.39 Å². The van der Waals surface area contributed by atoms with E-state index < -0.39 is 11.4 Å². The van der Waals surface area contributed by atoms with Crippen molar-refractivity contribution in [2.75, 3.05) is 0 Å². The maximum absolute atomic E-state index is 12.5. The first-order valence-corrected chi connectivity index (χ1v) is 3.05. The number of hydrogen-bond acceptors (Lipinski definition) is 1. The van der Waals surface area contributed by atoms with Gasteiger partial charge in [-0.1, -0.05) is 13.2 Å². The zero-order valence-electron chi connectivity index (χ0n) is 6.70. The Bertz CT molecular complexity index is 159. The van der Waals surface area contributed by atoms with Gasteiger partial charge in [-0.2, -0.15) is 0 Å². The first-order chi connectivity index (χ1) is 4.36. The van der Waals surface area contributed by atoms with Crippen LogP contribution in [0.2, 0.25) is 0 Å². The van der Waals surface area contributed by atoms with Crippen molar-refractivity contribution in [3.8, 4) is 0 Å². The molecule has 0 aliphatic carbocycles. The van der Waals surface area contributed by atoms with Gasteiger partial charge in [0, 0.05) is 0 Å². The molecule has 0 N–H and O–H groups in total. The van der Waals surface area contributed by atoms with Gasteiger partial charge in [-0.05, 0) is 20.8 Å². The van der Waals surface area contributed by atoms with Crippen molar-refractivity contribution in [2.45, 2.75) is 26.4 Å². The Morgan fingerprint density at radius 1 is 1.40 bits per heavy atom. The number of hydrogen-bond donors (Lipinski definition) is 0. The Kier molecular flexibility index (Phi) is 2.64. The number of halogens is 1. The van der Waals surface area contributed by atoms with E-state index in [0.29, 0.717) is 5.76 Å². The molecule has 0 aliphatic heterocycles. The molecule has 0 saturated carbocycles. The normalized spacial score (nSPS) is 10.8. The highest BCUT2D eigenvalue weighted by Gasteiger charge is 2.23. The zero-order valence-corrected chi connectivity index (χ0v) is 6.70. The topological polar surface area (TPSA) is 9.23 Å². The molecule has 1 nitrogen and oxygen atoms in total. The van der Waals surface area contributed by atoms with E-state index in [9.17, 15) is 4.39 Å². The van der Waals surface area contributed by atoms with E-state index >= 15 is 0 Å². The van der Waals surface area contributed by atoms with Crippen LogP contribution in [-0.2, 0) is 4.74 Å². The molecular formula is C8H13FO. The molecule has 0 aromatic carbocycles. The summed E-state index contributed by atoms with van der Waals surface area (Å²) >= 11 is 0. The molecule has 0 spiro atoms. The largest absolute Gasteiger partial charge is 0.486 e.